The zero-order valence-corrected chi connectivity index (χ0v) is 23.3. The monoisotopic (exact) mass is 617 g/mol. The summed E-state index contributed by atoms with van der Waals surface area (Å²) in [5, 5.41) is 23.7. The second kappa shape index (κ2) is 12.4. The topological polar surface area (TPSA) is 209 Å². The number of benzene rings is 2. The summed E-state index contributed by atoms with van der Waals surface area (Å²) in [6, 6.07) is 7.86. The van der Waals surface area contributed by atoms with Gasteiger partial charge in [0.15, 0.2) is 0 Å². The van der Waals surface area contributed by atoms with E-state index in [2.05, 4.69) is 10.6 Å². The molecule has 2 heterocycles. The number of carbonyl (C=O) groups excluding carboxylic acids is 5. The normalized spacial score (nSPS) is 18.2. The van der Waals surface area contributed by atoms with Crippen molar-refractivity contribution < 1.29 is 43.7 Å². The lowest BCUT2D eigenvalue weighted by Crippen LogP contribution is -2.71. The maximum atomic E-state index is 13.5. The third-order valence-corrected chi connectivity index (χ3v) is 8.08. The average molecular weight is 618 g/mol. The molecular weight excluding hydrogens is 594 g/mol. The van der Waals surface area contributed by atoms with E-state index in [0.29, 0.717) is 0 Å². The van der Waals surface area contributed by atoms with E-state index >= 15 is 0 Å². The van der Waals surface area contributed by atoms with Crippen molar-refractivity contribution in [3.8, 4) is 5.75 Å². The summed E-state index contributed by atoms with van der Waals surface area (Å²) in [6.45, 7) is -0.424. The predicted octanol–water partition coefficient (Wildman–Crippen LogP) is 1.40. The van der Waals surface area contributed by atoms with E-state index in [1.165, 1.54) is 43.4 Å². The molecule has 16 heteroatoms. The summed E-state index contributed by atoms with van der Waals surface area (Å²) in [7, 11) is 1.19. The van der Waals surface area contributed by atoms with Gasteiger partial charge < -0.3 is 31.3 Å². The number of phenols is 1. The summed E-state index contributed by atoms with van der Waals surface area (Å²) >= 11 is 7.21. The van der Waals surface area contributed by atoms with Crippen molar-refractivity contribution in [2.75, 3.05) is 19.4 Å². The largest absolute Gasteiger partial charge is 0.508 e. The van der Waals surface area contributed by atoms with Crippen LogP contribution >= 0.6 is 23.4 Å². The number of urea groups is 1. The number of halogens is 1. The Bertz CT molecular complexity index is 1500. The van der Waals surface area contributed by atoms with Crippen molar-refractivity contribution in [1.29, 1.82) is 0 Å². The zero-order valence-electron chi connectivity index (χ0n) is 21.8. The lowest BCUT2D eigenvalue weighted by atomic mass is 10.0. The number of hydrogen-bond acceptors (Lipinski definition) is 9. The van der Waals surface area contributed by atoms with Crippen LogP contribution in [-0.4, -0.2) is 86.7 Å². The van der Waals surface area contributed by atoms with E-state index in [1.54, 1.807) is 12.1 Å². The number of thioether (sulfide) groups is 1. The van der Waals surface area contributed by atoms with Crippen LogP contribution in [0, 0.1) is 0 Å². The Morgan fingerprint density at radius 2 is 1.83 bits per heavy atom. The number of primary amides is 1. The summed E-state index contributed by atoms with van der Waals surface area (Å²) in [5.41, 5.74) is 5.01. The molecule has 4 rings (SSSR count). The maximum absolute atomic E-state index is 13.5. The van der Waals surface area contributed by atoms with Gasteiger partial charge in [0.1, 0.15) is 35.5 Å². The van der Waals surface area contributed by atoms with Gasteiger partial charge in [-0.15, -0.1) is 11.8 Å². The molecule has 1 saturated heterocycles. The summed E-state index contributed by atoms with van der Waals surface area (Å²) < 4.78 is 4.70. The molecule has 220 valence electrons. The Balaban J connectivity index is 1.53. The van der Waals surface area contributed by atoms with Gasteiger partial charge in [-0.05, 0) is 29.8 Å². The molecule has 6 amide bonds. The molecule has 1 fully saturated rings. The Labute approximate surface area is 247 Å². The minimum absolute atomic E-state index is 0.0554. The summed E-state index contributed by atoms with van der Waals surface area (Å²) in [6.07, 6.45) is -1.11. The highest BCUT2D eigenvalue weighted by Crippen LogP contribution is 2.40. The van der Waals surface area contributed by atoms with Crippen molar-refractivity contribution in [3.63, 3.8) is 0 Å². The molecular formula is C26H24ClN5O9S. The third kappa shape index (κ3) is 6.11. The molecule has 0 aliphatic carbocycles. The van der Waals surface area contributed by atoms with Crippen LogP contribution in [0.3, 0.4) is 0 Å². The SMILES string of the molecule is CN(C(=O)NC(C(=O)NC1C(=O)N2C(C(=O)O)=C(COC(N)=O)CS[C@@H]12)c1ccc(O)cc1)C(=O)c1ccccc1Cl. The lowest BCUT2D eigenvalue weighted by Gasteiger charge is -2.49. The van der Waals surface area contributed by atoms with Gasteiger partial charge in [0.2, 0.25) is 5.91 Å². The number of amides is 6. The molecule has 2 aliphatic rings. The molecule has 14 nitrogen and oxygen atoms in total. The van der Waals surface area contributed by atoms with Crippen molar-refractivity contribution in [2.24, 2.45) is 5.73 Å². The molecule has 2 unspecified atom stereocenters. The van der Waals surface area contributed by atoms with Gasteiger partial charge in [0.05, 0.1) is 10.6 Å². The molecule has 3 atom stereocenters. The maximum Gasteiger partial charge on any atom is 0.404 e. The van der Waals surface area contributed by atoms with Crippen molar-refractivity contribution in [1.82, 2.24) is 20.4 Å². The molecule has 0 aromatic heterocycles. The molecule has 2 aromatic rings. The number of nitrogens with zero attached hydrogens (tertiary/aromatic N) is 2. The highest BCUT2D eigenvalue weighted by atomic mass is 35.5. The predicted molar refractivity (Wildman–Crippen MR) is 148 cm³/mol. The summed E-state index contributed by atoms with van der Waals surface area (Å²) in [5.74, 6) is -3.78. The van der Waals surface area contributed by atoms with Gasteiger partial charge >= 0.3 is 18.1 Å². The van der Waals surface area contributed by atoms with Crippen molar-refractivity contribution in [3.05, 3.63) is 76.0 Å². The molecule has 2 aromatic carbocycles. The Kier molecular flexibility index (Phi) is 8.92. The molecule has 6 N–H and O–H groups in total. The first-order chi connectivity index (χ1) is 19.9. The molecule has 0 saturated carbocycles. The van der Waals surface area contributed by atoms with E-state index < -0.39 is 59.9 Å². The minimum atomic E-state index is -1.43. The van der Waals surface area contributed by atoms with Gasteiger partial charge in [-0.1, -0.05) is 35.9 Å². The molecule has 0 radical (unpaired) electrons. The van der Waals surface area contributed by atoms with Gasteiger partial charge in [-0.3, -0.25) is 24.2 Å². The summed E-state index contributed by atoms with van der Waals surface area (Å²) in [4.78, 5) is 77.1. The van der Waals surface area contributed by atoms with Crippen molar-refractivity contribution in [2.45, 2.75) is 17.5 Å². The van der Waals surface area contributed by atoms with Crippen LogP contribution in [0.4, 0.5) is 9.59 Å². The highest BCUT2D eigenvalue weighted by Gasteiger charge is 2.54. The molecule has 0 bridgehead atoms. The zero-order chi connectivity index (χ0) is 30.7. The number of carbonyl (C=O) groups is 6. The highest BCUT2D eigenvalue weighted by molar-refractivity contribution is 8.00. The number of carboxylic acids is 1. The second-order valence-corrected chi connectivity index (χ2v) is 10.6. The Morgan fingerprint density at radius 1 is 1.17 bits per heavy atom. The number of hydrogen-bond donors (Lipinski definition) is 5. The van der Waals surface area contributed by atoms with Gasteiger partial charge in [0, 0.05) is 18.4 Å². The fraction of sp³-hybridized carbons (Fsp3) is 0.231. The van der Waals surface area contributed by atoms with E-state index in [1.807, 2.05) is 0 Å². The molecule has 0 spiro atoms. The van der Waals surface area contributed by atoms with Crippen LogP contribution in [-0.2, 0) is 19.1 Å². The van der Waals surface area contributed by atoms with E-state index in [0.717, 1.165) is 21.6 Å². The van der Waals surface area contributed by atoms with Crippen LogP contribution < -0.4 is 16.4 Å². The van der Waals surface area contributed by atoms with Gasteiger partial charge in [0.25, 0.3) is 11.8 Å². The number of phenolic OH excluding ortho intramolecular Hbond substituents is 1. The number of nitrogens with two attached hydrogens (primary N) is 1. The van der Waals surface area contributed by atoms with Crippen molar-refractivity contribution >= 4 is 59.2 Å². The second-order valence-electron chi connectivity index (χ2n) is 9.08. The number of imide groups is 1. The minimum Gasteiger partial charge on any atom is -0.508 e. The molecule has 42 heavy (non-hydrogen) atoms. The Morgan fingerprint density at radius 3 is 2.45 bits per heavy atom. The number of rotatable bonds is 8. The molecule has 2 aliphatic heterocycles. The standard InChI is InChI=1S/C26H24ClN5O9S/c1-31(21(35)15-4-2-3-5-16(15)27)26(40)30-17(12-6-8-14(33)9-7-12)20(34)29-18-22(36)32-19(24(37)38)13(10-41-25(28)39)11-42-23(18)32/h2-9,17-18,23,33H,10-11H2,1H3,(H2,28,39)(H,29,34)(H,30,40)(H,37,38)/t17?,18?,23-/m0/s1. The fourth-order valence-electron chi connectivity index (χ4n) is 4.28. The van der Waals surface area contributed by atoms with Gasteiger partial charge in [-0.2, -0.15) is 0 Å². The first-order valence-corrected chi connectivity index (χ1v) is 13.6. The number of ether oxygens (including phenoxy) is 1. The van der Waals surface area contributed by atoms with Crippen LogP contribution in [0.25, 0.3) is 0 Å². The number of nitrogens with one attached hydrogen (secondary N) is 2. The number of β-lactam (4-membered cyclic amide) rings is 1. The number of aromatic hydroxyl groups is 1. The van der Waals surface area contributed by atoms with E-state index in [4.69, 9.17) is 22.1 Å². The fourth-order valence-corrected chi connectivity index (χ4v) is 5.83. The van der Waals surface area contributed by atoms with Crippen LogP contribution in [0.5, 0.6) is 5.75 Å². The van der Waals surface area contributed by atoms with Crippen LogP contribution in [0.1, 0.15) is 22.0 Å². The quantitative estimate of drug-likeness (QED) is 0.269. The smallest absolute Gasteiger partial charge is 0.404 e. The average Bonchev–Trinajstić information content (AvgIpc) is 2.96. The third-order valence-electron chi connectivity index (χ3n) is 6.41. The number of fused-ring (bicyclic) bond motifs is 1. The van der Waals surface area contributed by atoms with Crippen LogP contribution in [0.15, 0.2) is 59.8 Å². The van der Waals surface area contributed by atoms with Gasteiger partial charge in [-0.25, -0.2) is 14.4 Å². The lowest BCUT2D eigenvalue weighted by molar-refractivity contribution is -0.151. The van der Waals surface area contributed by atoms with Crippen LogP contribution in [0.2, 0.25) is 5.02 Å². The van der Waals surface area contributed by atoms with E-state index in [9.17, 15) is 39.0 Å². The first kappa shape index (κ1) is 30.2. The van der Waals surface area contributed by atoms with E-state index in [-0.39, 0.29) is 38.9 Å². The number of aliphatic carboxylic acids is 1. The number of carboxylic acid groups (broad SMARTS) is 1. The first-order valence-electron chi connectivity index (χ1n) is 12.1. The Hall–Kier alpha value is -4.76.